The Hall–Kier alpha value is 2.45. The van der Waals surface area contributed by atoms with Crippen molar-refractivity contribution in [3.63, 3.8) is 0 Å². The van der Waals surface area contributed by atoms with Gasteiger partial charge in [-0.1, -0.05) is 0 Å². The van der Waals surface area contributed by atoms with E-state index in [4.69, 9.17) is 0 Å². The summed E-state index contributed by atoms with van der Waals surface area (Å²) in [5.74, 6) is 0. The molecule has 0 fully saturated rings. The van der Waals surface area contributed by atoms with Gasteiger partial charge in [0.2, 0.25) is 0 Å². The zero-order valence-electron chi connectivity index (χ0n) is 4.67. The van der Waals surface area contributed by atoms with Crippen molar-refractivity contribution in [3.05, 3.63) is 0 Å². The van der Waals surface area contributed by atoms with Gasteiger partial charge in [-0.25, -0.2) is 0 Å². The van der Waals surface area contributed by atoms with Crippen molar-refractivity contribution in [2.45, 2.75) is 0 Å². The zero-order valence-corrected chi connectivity index (χ0v) is 8.67. The quantitative estimate of drug-likeness (QED) is 0.369. The third-order valence-corrected chi connectivity index (χ3v) is 0. The topological polar surface area (TPSA) is 31.5 Å². The van der Waals surface area contributed by atoms with Crippen LogP contribution in [-0.2, 0) is 0 Å². The molecule has 0 atom stereocenters. The van der Waals surface area contributed by atoms with Crippen LogP contribution in [0.3, 0.4) is 0 Å². The van der Waals surface area contributed by atoms with Gasteiger partial charge in [0.1, 0.15) is 0 Å². The van der Waals surface area contributed by atoms with Crippen LogP contribution in [0.25, 0.3) is 0 Å². The maximum Gasteiger partial charge on any atom is 2.00 e. The summed E-state index contributed by atoms with van der Waals surface area (Å²) < 4.78 is 0. The second-order valence-electron chi connectivity index (χ2n) is 0. The molecule has 0 aliphatic carbocycles. The largest absolute Gasteiger partial charge is 2.00 e. The Kier molecular flexibility index (Phi) is 329. The van der Waals surface area contributed by atoms with Gasteiger partial charge in [-0.2, -0.15) is 0 Å². The molecule has 28 valence electrons. The third kappa shape index (κ3) is 21.3. The van der Waals surface area contributed by atoms with Crippen LogP contribution in [0.4, 0.5) is 0 Å². The first-order chi connectivity index (χ1) is 0. The molecule has 5 heteroatoms. The zero-order chi connectivity index (χ0) is 0. The minimum absolute atomic E-state index is 0. The fourth-order valence-corrected chi connectivity index (χ4v) is 0. The summed E-state index contributed by atoms with van der Waals surface area (Å²) in [4.78, 5) is 0. The van der Waals surface area contributed by atoms with Crippen molar-refractivity contribution in [2.24, 2.45) is 0 Å². The monoisotopic (exact) mass is 226 g/mol. The van der Waals surface area contributed by atoms with E-state index in [1.54, 1.807) is 0 Å². The van der Waals surface area contributed by atoms with Crippen LogP contribution in [0.1, 0.15) is 2.85 Å². The molecule has 0 aromatic rings. The SMILES string of the molecule is O.[Br-].[Br-].[H-].[H-].[Mg+2].[Mg+2]. The molecular formula is H4Br2Mg2O. The first-order valence-corrected chi connectivity index (χ1v) is 0. The molecule has 0 rings (SSSR count). The molecule has 0 spiro atoms. The van der Waals surface area contributed by atoms with Crippen molar-refractivity contribution in [3.8, 4) is 0 Å². The summed E-state index contributed by atoms with van der Waals surface area (Å²) in [7, 11) is 0. The predicted octanol–water partition coefficient (Wildman–Crippen LogP) is -7.35. The molecule has 0 aliphatic rings. The molecule has 1 nitrogen and oxygen atoms in total. The molecule has 0 aromatic heterocycles. The van der Waals surface area contributed by atoms with E-state index in [0.717, 1.165) is 0 Å². The summed E-state index contributed by atoms with van der Waals surface area (Å²) in [6.45, 7) is 0. The molecule has 0 heterocycles. The van der Waals surface area contributed by atoms with Crippen LogP contribution < -0.4 is 34.0 Å². The first-order valence-electron chi connectivity index (χ1n) is 0. The van der Waals surface area contributed by atoms with Crippen LogP contribution >= 0.6 is 0 Å². The van der Waals surface area contributed by atoms with E-state index < -0.39 is 0 Å². The van der Waals surface area contributed by atoms with Crippen LogP contribution in [0.15, 0.2) is 0 Å². The van der Waals surface area contributed by atoms with Crippen molar-refractivity contribution >= 4 is 46.1 Å². The molecule has 0 amide bonds. The summed E-state index contributed by atoms with van der Waals surface area (Å²) in [5, 5.41) is 0. The van der Waals surface area contributed by atoms with Gasteiger partial charge in [-0.05, 0) is 0 Å². The number of halogens is 2. The van der Waals surface area contributed by atoms with Crippen molar-refractivity contribution in [1.29, 1.82) is 0 Å². The minimum Gasteiger partial charge on any atom is -1.00 e. The Bertz CT molecular complexity index is 13.7. The molecule has 5 heavy (non-hydrogen) atoms. The molecule has 0 saturated carbocycles. The summed E-state index contributed by atoms with van der Waals surface area (Å²) in [6.07, 6.45) is 0. The van der Waals surface area contributed by atoms with Crippen molar-refractivity contribution in [1.82, 2.24) is 0 Å². The van der Waals surface area contributed by atoms with Gasteiger partial charge < -0.3 is 42.3 Å². The average Bonchev–Trinajstić information content (AvgIpc) is 0. The molecule has 0 saturated heterocycles. The van der Waals surface area contributed by atoms with Gasteiger partial charge in [-0.3, -0.25) is 0 Å². The van der Waals surface area contributed by atoms with Crippen LogP contribution in [0.2, 0.25) is 0 Å². The van der Waals surface area contributed by atoms with Gasteiger partial charge >= 0.3 is 46.1 Å². The van der Waals surface area contributed by atoms with Crippen molar-refractivity contribution in [2.75, 3.05) is 0 Å². The Labute approximate surface area is 87.4 Å². The maximum absolute atomic E-state index is 0. The van der Waals surface area contributed by atoms with Gasteiger partial charge in [0.25, 0.3) is 0 Å². The van der Waals surface area contributed by atoms with Crippen LogP contribution in [0.5, 0.6) is 0 Å². The van der Waals surface area contributed by atoms with E-state index in [1.807, 2.05) is 0 Å². The predicted molar refractivity (Wildman–Crippen MR) is 17.3 cm³/mol. The summed E-state index contributed by atoms with van der Waals surface area (Å²) in [6, 6.07) is 0. The Morgan fingerprint density at radius 2 is 0.800 bits per heavy atom. The average molecular weight is 228 g/mol. The minimum atomic E-state index is 0. The van der Waals surface area contributed by atoms with E-state index in [-0.39, 0.29) is 88.4 Å². The summed E-state index contributed by atoms with van der Waals surface area (Å²) >= 11 is 0. The van der Waals surface area contributed by atoms with E-state index in [9.17, 15) is 0 Å². The first kappa shape index (κ1) is 51.6. The fraction of sp³-hybridized carbons (Fsp3) is 0. The second kappa shape index (κ2) is 31.9. The molecule has 0 aliphatic heterocycles. The molecular weight excluding hydrogens is 224 g/mol. The number of rotatable bonds is 0. The molecule has 0 bridgehead atoms. The van der Waals surface area contributed by atoms with Gasteiger partial charge in [0, 0.05) is 0 Å². The Balaban J connectivity index is 0. The molecule has 0 aromatic carbocycles. The smallest absolute Gasteiger partial charge is 1.00 e. The van der Waals surface area contributed by atoms with E-state index in [2.05, 4.69) is 0 Å². The van der Waals surface area contributed by atoms with Gasteiger partial charge in [-0.15, -0.1) is 0 Å². The third-order valence-electron chi connectivity index (χ3n) is 0. The van der Waals surface area contributed by atoms with E-state index in [1.165, 1.54) is 0 Å². The second-order valence-corrected chi connectivity index (χ2v) is 0. The standard InChI is InChI=1S/2BrH.2Mg.H2O.2H/h2*1H;;;1H2;;/q;;2*+2;;2*-1/p-2. The molecule has 0 radical (unpaired) electrons. The maximum atomic E-state index is 0. The fourth-order valence-electron chi connectivity index (χ4n) is 0. The number of hydrogen-bond acceptors (Lipinski definition) is 0. The van der Waals surface area contributed by atoms with Gasteiger partial charge in [0.05, 0.1) is 0 Å². The Morgan fingerprint density at radius 3 is 0.800 bits per heavy atom. The van der Waals surface area contributed by atoms with Gasteiger partial charge in [0.15, 0.2) is 0 Å². The van der Waals surface area contributed by atoms with Crippen molar-refractivity contribution < 1.29 is 42.3 Å². The van der Waals surface area contributed by atoms with Crippen LogP contribution in [-0.4, -0.2) is 51.6 Å². The Morgan fingerprint density at radius 1 is 0.800 bits per heavy atom. The molecule has 0 unspecified atom stereocenters. The normalized spacial score (nSPS) is 0. The van der Waals surface area contributed by atoms with E-state index in [0.29, 0.717) is 0 Å². The molecule has 2 N–H and O–H groups in total. The van der Waals surface area contributed by atoms with Crippen LogP contribution in [0, 0.1) is 0 Å². The van der Waals surface area contributed by atoms with E-state index >= 15 is 0 Å². The number of hydrogen-bond donors (Lipinski definition) is 0. The summed E-state index contributed by atoms with van der Waals surface area (Å²) in [5.41, 5.74) is 0.